The fraction of sp³-hybridized carbons (Fsp3) is 0.500. The average molecular weight is 203 g/mol. The standard InChI is InChI=1S/C10H13N5/c1-14-6-8-9(13-14)11-7-12-10(8)15-4-2-3-5-15/h6-7H,2-5H2,1H3. The van der Waals surface area contributed by atoms with Crippen molar-refractivity contribution in [2.24, 2.45) is 7.05 Å². The molecule has 0 N–H and O–H groups in total. The highest BCUT2D eigenvalue weighted by atomic mass is 15.3. The highest BCUT2D eigenvalue weighted by molar-refractivity contribution is 5.86. The molecule has 2 aromatic rings. The van der Waals surface area contributed by atoms with E-state index in [4.69, 9.17) is 0 Å². The van der Waals surface area contributed by atoms with Gasteiger partial charge in [-0.15, -0.1) is 0 Å². The van der Waals surface area contributed by atoms with E-state index in [1.807, 2.05) is 13.2 Å². The molecule has 0 aliphatic carbocycles. The molecule has 0 amide bonds. The highest BCUT2D eigenvalue weighted by Gasteiger charge is 2.17. The topological polar surface area (TPSA) is 46.8 Å². The van der Waals surface area contributed by atoms with Crippen molar-refractivity contribution in [3.05, 3.63) is 12.5 Å². The Morgan fingerprint density at radius 1 is 1.20 bits per heavy atom. The second kappa shape index (κ2) is 3.18. The number of rotatable bonds is 1. The van der Waals surface area contributed by atoms with Crippen molar-refractivity contribution in [2.45, 2.75) is 12.8 Å². The summed E-state index contributed by atoms with van der Waals surface area (Å²) in [6, 6.07) is 0. The minimum absolute atomic E-state index is 0.786. The zero-order valence-electron chi connectivity index (χ0n) is 8.72. The van der Waals surface area contributed by atoms with E-state index in [-0.39, 0.29) is 0 Å². The maximum atomic E-state index is 4.36. The third kappa shape index (κ3) is 1.35. The maximum absolute atomic E-state index is 4.36. The molecule has 5 nitrogen and oxygen atoms in total. The quantitative estimate of drug-likeness (QED) is 0.692. The first-order valence-corrected chi connectivity index (χ1v) is 5.24. The third-order valence-electron chi connectivity index (χ3n) is 2.82. The van der Waals surface area contributed by atoms with Crippen LogP contribution in [0, 0.1) is 0 Å². The van der Waals surface area contributed by atoms with Gasteiger partial charge in [0.15, 0.2) is 5.65 Å². The normalized spacial score (nSPS) is 16.5. The zero-order valence-corrected chi connectivity index (χ0v) is 8.72. The van der Waals surface area contributed by atoms with Gasteiger partial charge in [0.25, 0.3) is 0 Å². The Labute approximate surface area is 87.7 Å². The first kappa shape index (κ1) is 8.64. The van der Waals surface area contributed by atoms with Crippen LogP contribution in [-0.4, -0.2) is 32.8 Å². The number of hydrogen-bond donors (Lipinski definition) is 0. The minimum atomic E-state index is 0.786. The molecule has 0 radical (unpaired) electrons. The van der Waals surface area contributed by atoms with Crippen molar-refractivity contribution >= 4 is 16.9 Å². The third-order valence-corrected chi connectivity index (χ3v) is 2.82. The van der Waals surface area contributed by atoms with Crippen LogP contribution in [0.1, 0.15) is 12.8 Å². The van der Waals surface area contributed by atoms with Gasteiger partial charge in [-0.05, 0) is 12.8 Å². The molecule has 3 heterocycles. The van der Waals surface area contributed by atoms with Gasteiger partial charge in [-0.3, -0.25) is 4.68 Å². The van der Waals surface area contributed by atoms with Crippen molar-refractivity contribution in [1.82, 2.24) is 19.7 Å². The molecule has 1 aliphatic rings. The van der Waals surface area contributed by atoms with E-state index in [0.717, 1.165) is 29.9 Å². The number of aryl methyl sites for hydroxylation is 1. The van der Waals surface area contributed by atoms with E-state index in [2.05, 4.69) is 20.0 Å². The summed E-state index contributed by atoms with van der Waals surface area (Å²) in [4.78, 5) is 10.8. The van der Waals surface area contributed by atoms with Gasteiger partial charge >= 0.3 is 0 Å². The lowest BCUT2D eigenvalue weighted by Gasteiger charge is -2.15. The smallest absolute Gasteiger partial charge is 0.186 e. The van der Waals surface area contributed by atoms with Crippen LogP contribution in [0.5, 0.6) is 0 Å². The molecular formula is C10H13N5. The van der Waals surface area contributed by atoms with E-state index in [1.165, 1.54) is 12.8 Å². The first-order chi connectivity index (χ1) is 7.34. The molecule has 1 saturated heterocycles. The van der Waals surface area contributed by atoms with E-state index in [1.54, 1.807) is 11.0 Å². The van der Waals surface area contributed by atoms with Crippen LogP contribution in [0.3, 0.4) is 0 Å². The zero-order chi connectivity index (χ0) is 10.3. The van der Waals surface area contributed by atoms with Crippen molar-refractivity contribution in [3.63, 3.8) is 0 Å². The van der Waals surface area contributed by atoms with Gasteiger partial charge in [0.2, 0.25) is 0 Å². The van der Waals surface area contributed by atoms with Crippen LogP contribution in [0.4, 0.5) is 5.82 Å². The molecule has 15 heavy (non-hydrogen) atoms. The van der Waals surface area contributed by atoms with Gasteiger partial charge in [-0.1, -0.05) is 0 Å². The van der Waals surface area contributed by atoms with E-state index >= 15 is 0 Å². The average Bonchev–Trinajstić information content (AvgIpc) is 2.82. The number of hydrogen-bond acceptors (Lipinski definition) is 4. The van der Waals surface area contributed by atoms with Crippen molar-refractivity contribution in [1.29, 1.82) is 0 Å². The van der Waals surface area contributed by atoms with Crippen LogP contribution in [0.25, 0.3) is 11.0 Å². The molecule has 0 spiro atoms. The van der Waals surface area contributed by atoms with E-state index < -0.39 is 0 Å². The molecule has 78 valence electrons. The van der Waals surface area contributed by atoms with E-state index in [9.17, 15) is 0 Å². The molecule has 1 fully saturated rings. The second-order valence-corrected chi connectivity index (χ2v) is 3.93. The molecule has 0 saturated carbocycles. The van der Waals surface area contributed by atoms with Gasteiger partial charge in [0.05, 0.1) is 5.39 Å². The Balaban J connectivity index is 2.16. The minimum Gasteiger partial charge on any atom is -0.356 e. The molecule has 1 aliphatic heterocycles. The van der Waals surface area contributed by atoms with Gasteiger partial charge in [-0.2, -0.15) is 5.10 Å². The Bertz CT molecular complexity index is 484. The largest absolute Gasteiger partial charge is 0.356 e. The van der Waals surface area contributed by atoms with Gasteiger partial charge in [-0.25, -0.2) is 9.97 Å². The summed E-state index contributed by atoms with van der Waals surface area (Å²) in [6.45, 7) is 2.20. The SMILES string of the molecule is Cn1cc2c(N3CCCC3)ncnc2n1. The predicted octanol–water partition coefficient (Wildman–Crippen LogP) is 0.964. The maximum Gasteiger partial charge on any atom is 0.186 e. The molecule has 0 atom stereocenters. The Morgan fingerprint density at radius 2 is 2.00 bits per heavy atom. The highest BCUT2D eigenvalue weighted by Crippen LogP contribution is 2.24. The predicted molar refractivity (Wildman–Crippen MR) is 57.8 cm³/mol. The fourth-order valence-electron chi connectivity index (χ4n) is 2.12. The molecule has 2 aromatic heterocycles. The lowest BCUT2D eigenvalue weighted by Crippen LogP contribution is -2.19. The van der Waals surface area contributed by atoms with Crippen LogP contribution < -0.4 is 4.90 Å². The van der Waals surface area contributed by atoms with Crippen molar-refractivity contribution < 1.29 is 0 Å². The van der Waals surface area contributed by atoms with Crippen molar-refractivity contribution in [2.75, 3.05) is 18.0 Å². The monoisotopic (exact) mass is 203 g/mol. The summed E-state index contributed by atoms with van der Waals surface area (Å²) in [6.07, 6.45) is 6.10. The van der Waals surface area contributed by atoms with Crippen LogP contribution in [0.15, 0.2) is 12.5 Å². The van der Waals surface area contributed by atoms with Crippen LogP contribution in [-0.2, 0) is 7.05 Å². The molecule has 5 heteroatoms. The number of anilines is 1. The first-order valence-electron chi connectivity index (χ1n) is 5.24. The summed E-state index contributed by atoms with van der Waals surface area (Å²) in [5.74, 6) is 1.03. The van der Waals surface area contributed by atoms with Crippen LogP contribution in [0.2, 0.25) is 0 Å². The summed E-state index contributed by atoms with van der Waals surface area (Å²) in [5.41, 5.74) is 0.786. The summed E-state index contributed by atoms with van der Waals surface area (Å²) in [7, 11) is 1.91. The second-order valence-electron chi connectivity index (χ2n) is 3.93. The molecular weight excluding hydrogens is 190 g/mol. The molecule has 0 aromatic carbocycles. The number of fused-ring (bicyclic) bond motifs is 1. The van der Waals surface area contributed by atoms with Crippen molar-refractivity contribution in [3.8, 4) is 0 Å². The Kier molecular flexibility index (Phi) is 1.83. The van der Waals surface area contributed by atoms with Gasteiger partial charge in [0, 0.05) is 26.3 Å². The number of aromatic nitrogens is 4. The lowest BCUT2D eigenvalue weighted by atomic mass is 10.3. The Morgan fingerprint density at radius 3 is 2.80 bits per heavy atom. The molecule has 3 rings (SSSR count). The van der Waals surface area contributed by atoms with E-state index in [0.29, 0.717) is 0 Å². The molecule has 0 bridgehead atoms. The summed E-state index contributed by atoms with van der Waals surface area (Å²) in [5, 5.41) is 5.34. The van der Waals surface area contributed by atoms with Gasteiger partial charge in [0.1, 0.15) is 12.1 Å². The van der Waals surface area contributed by atoms with Gasteiger partial charge < -0.3 is 4.90 Å². The Hall–Kier alpha value is -1.65. The summed E-state index contributed by atoms with van der Waals surface area (Å²) >= 11 is 0. The van der Waals surface area contributed by atoms with Crippen LogP contribution >= 0.6 is 0 Å². The fourth-order valence-corrected chi connectivity index (χ4v) is 2.12. The lowest BCUT2D eigenvalue weighted by molar-refractivity contribution is 0.775. The number of nitrogens with zero attached hydrogens (tertiary/aromatic N) is 5. The molecule has 0 unspecified atom stereocenters. The summed E-state index contributed by atoms with van der Waals surface area (Å²) < 4.78 is 1.79.